The van der Waals surface area contributed by atoms with Gasteiger partial charge in [0.2, 0.25) is 0 Å². The molecule has 3 heteroatoms. The highest BCUT2D eigenvalue weighted by atomic mass is 16.2. The Morgan fingerprint density at radius 1 is 1.13 bits per heavy atom. The summed E-state index contributed by atoms with van der Waals surface area (Å²) in [5, 5.41) is 1.18. The largest absolute Gasteiger partial charge is 0.337 e. The average molecular weight is 310 g/mol. The summed E-state index contributed by atoms with van der Waals surface area (Å²) >= 11 is 0. The molecule has 0 unspecified atom stereocenters. The van der Waals surface area contributed by atoms with Crippen LogP contribution in [0.25, 0.3) is 10.9 Å². The van der Waals surface area contributed by atoms with Gasteiger partial charge in [0.25, 0.3) is 5.91 Å². The molecule has 1 amide bonds. The van der Waals surface area contributed by atoms with Crippen LogP contribution in [0.2, 0.25) is 0 Å². The van der Waals surface area contributed by atoms with Gasteiger partial charge >= 0.3 is 0 Å². The van der Waals surface area contributed by atoms with Crippen molar-refractivity contribution in [2.24, 2.45) is 11.8 Å². The summed E-state index contributed by atoms with van der Waals surface area (Å²) in [5.74, 6) is 1.75. The Morgan fingerprint density at radius 3 is 2.39 bits per heavy atom. The van der Waals surface area contributed by atoms with Gasteiger partial charge in [-0.15, -0.1) is 0 Å². The van der Waals surface area contributed by atoms with Gasteiger partial charge in [-0.05, 0) is 56.1 Å². The molecule has 1 heterocycles. The first-order chi connectivity index (χ1) is 11.3. The molecule has 4 rings (SSSR count). The summed E-state index contributed by atoms with van der Waals surface area (Å²) < 4.78 is 2.23. The van der Waals surface area contributed by atoms with Crippen molar-refractivity contribution in [1.82, 2.24) is 9.47 Å². The maximum absolute atomic E-state index is 13.2. The maximum Gasteiger partial charge on any atom is 0.270 e. The molecule has 0 spiro atoms. The van der Waals surface area contributed by atoms with Crippen LogP contribution in [0.1, 0.15) is 49.5 Å². The van der Waals surface area contributed by atoms with Gasteiger partial charge in [-0.25, -0.2) is 0 Å². The van der Waals surface area contributed by atoms with Crippen LogP contribution in [-0.2, 0) is 6.54 Å². The van der Waals surface area contributed by atoms with Gasteiger partial charge in [0.05, 0.1) is 0 Å². The lowest BCUT2D eigenvalue weighted by Gasteiger charge is -2.23. The van der Waals surface area contributed by atoms with Crippen molar-refractivity contribution in [2.45, 2.75) is 45.6 Å². The summed E-state index contributed by atoms with van der Waals surface area (Å²) in [4.78, 5) is 15.4. The zero-order valence-corrected chi connectivity index (χ0v) is 14.0. The third kappa shape index (κ3) is 3.15. The fraction of sp³-hybridized carbons (Fsp3) is 0.550. The molecule has 1 aromatic heterocycles. The zero-order chi connectivity index (χ0) is 15.8. The Balaban J connectivity index is 1.66. The van der Waals surface area contributed by atoms with Crippen LogP contribution >= 0.6 is 0 Å². The third-order valence-corrected chi connectivity index (χ3v) is 5.12. The first-order valence-electron chi connectivity index (χ1n) is 9.13. The van der Waals surface area contributed by atoms with Crippen LogP contribution in [-0.4, -0.2) is 28.5 Å². The Labute approximate surface area is 138 Å². The Hall–Kier alpha value is -1.77. The topological polar surface area (TPSA) is 25.2 Å². The number of hydrogen-bond donors (Lipinski definition) is 0. The number of benzene rings is 1. The molecule has 2 fully saturated rings. The Bertz CT molecular complexity index is 696. The highest BCUT2D eigenvalue weighted by Gasteiger charge is 2.32. The van der Waals surface area contributed by atoms with Gasteiger partial charge in [0.15, 0.2) is 0 Å². The van der Waals surface area contributed by atoms with Crippen LogP contribution in [0.3, 0.4) is 0 Å². The van der Waals surface area contributed by atoms with E-state index in [4.69, 9.17) is 0 Å². The second kappa shape index (κ2) is 6.03. The van der Waals surface area contributed by atoms with Gasteiger partial charge in [-0.1, -0.05) is 25.1 Å². The fourth-order valence-corrected chi connectivity index (χ4v) is 3.48. The van der Waals surface area contributed by atoms with Gasteiger partial charge in [-0.2, -0.15) is 0 Å². The van der Waals surface area contributed by atoms with Crippen LogP contribution in [0.5, 0.6) is 0 Å². The third-order valence-electron chi connectivity index (χ3n) is 5.12. The normalized spacial score (nSPS) is 17.6. The molecule has 3 nitrogen and oxygen atoms in total. The molecular formula is C20H26N2O. The zero-order valence-electron chi connectivity index (χ0n) is 14.0. The van der Waals surface area contributed by atoms with E-state index in [-0.39, 0.29) is 5.91 Å². The summed E-state index contributed by atoms with van der Waals surface area (Å²) in [6.45, 7) is 5.01. The number of nitrogens with zero attached hydrogens (tertiary/aromatic N) is 2. The predicted octanol–water partition coefficient (Wildman–Crippen LogP) is 4.31. The minimum absolute atomic E-state index is 0.244. The molecular weight excluding hydrogens is 284 g/mol. The fourth-order valence-electron chi connectivity index (χ4n) is 3.48. The molecule has 1 aromatic carbocycles. The van der Waals surface area contributed by atoms with E-state index < -0.39 is 0 Å². The van der Waals surface area contributed by atoms with E-state index in [0.717, 1.165) is 43.6 Å². The number of carbonyl (C=O) groups excluding carboxylic acids is 1. The lowest BCUT2D eigenvalue weighted by atomic mass is 10.2. The van der Waals surface area contributed by atoms with Crippen molar-refractivity contribution in [1.29, 1.82) is 0 Å². The van der Waals surface area contributed by atoms with Crippen molar-refractivity contribution in [3.05, 3.63) is 36.0 Å². The summed E-state index contributed by atoms with van der Waals surface area (Å²) in [7, 11) is 0. The molecule has 0 saturated heterocycles. The monoisotopic (exact) mass is 310 g/mol. The van der Waals surface area contributed by atoms with Gasteiger partial charge < -0.3 is 9.47 Å². The van der Waals surface area contributed by atoms with Crippen molar-refractivity contribution in [3.8, 4) is 0 Å². The number of aromatic nitrogens is 1. The van der Waals surface area contributed by atoms with Crippen molar-refractivity contribution < 1.29 is 4.79 Å². The van der Waals surface area contributed by atoms with Crippen molar-refractivity contribution in [2.75, 3.05) is 13.1 Å². The highest BCUT2D eigenvalue weighted by Crippen LogP contribution is 2.34. The lowest BCUT2D eigenvalue weighted by molar-refractivity contribution is 0.0729. The van der Waals surface area contributed by atoms with E-state index >= 15 is 0 Å². The minimum Gasteiger partial charge on any atom is -0.337 e. The van der Waals surface area contributed by atoms with Crippen LogP contribution in [0.4, 0.5) is 0 Å². The van der Waals surface area contributed by atoms with E-state index in [9.17, 15) is 4.79 Å². The molecule has 0 N–H and O–H groups in total. The number of para-hydroxylation sites is 1. The molecule has 2 aromatic rings. The van der Waals surface area contributed by atoms with Gasteiger partial charge in [-0.3, -0.25) is 4.79 Å². The Kier molecular flexibility index (Phi) is 3.88. The van der Waals surface area contributed by atoms with Crippen molar-refractivity contribution >= 4 is 16.8 Å². The average Bonchev–Trinajstić information content (AvgIpc) is 3.48. The smallest absolute Gasteiger partial charge is 0.270 e. The SMILES string of the molecule is CCCn1c(C(=O)N(CC2CC2)CC2CC2)cc2ccccc21. The van der Waals surface area contributed by atoms with Crippen LogP contribution < -0.4 is 0 Å². The van der Waals surface area contributed by atoms with E-state index in [1.807, 2.05) is 0 Å². The molecule has 0 atom stereocenters. The second-order valence-electron chi connectivity index (χ2n) is 7.34. The van der Waals surface area contributed by atoms with Gasteiger partial charge in [0, 0.05) is 30.5 Å². The summed E-state index contributed by atoms with van der Waals surface area (Å²) in [6, 6.07) is 10.5. The summed E-state index contributed by atoms with van der Waals surface area (Å²) in [6.07, 6.45) is 6.24. The van der Waals surface area contributed by atoms with Crippen molar-refractivity contribution in [3.63, 3.8) is 0 Å². The minimum atomic E-state index is 0.244. The van der Waals surface area contributed by atoms with E-state index in [0.29, 0.717) is 0 Å². The molecule has 0 bridgehead atoms. The number of fused-ring (bicyclic) bond motifs is 1. The van der Waals surface area contributed by atoms with Crippen LogP contribution in [0.15, 0.2) is 30.3 Å². The molecule has 0 aliphatic heterocycles. The van der Waals surface area contributed by atoms with Gasteiger partial charge in [0.1, 0.15) is 5.69 Å². The second-order valence-corrected chi connectivity index (χ2v) is 7.34. The summed E-state index contributed by atoms with van der Waals surface area (Å²) in [5.41, 5.74) is 2.07. The van der Waals surface area contributed by atoms with E-state index in [1.54, 1.807) is 0 Å². The van der Waals surface area contributed by atoms with E-state index in [2.05, 4.69) is 46.7 Å². The quantitative estimate of drug-likeness (QED) is 0.748. The molecule has 23 heavy (non-hydrogen) atoms. The number of aryl methyl sites for hydroxylation is 1. The number of rotatable bonds is 7. The molecule has 2 saturated carbocycles. The maximum atomic E-state index is 13.2. The predicted molar refractivity (Wildman–Crippen MR) is 93.6 cm³/mol. The standard InChI is InChI=1S/C20H26N2O/c1-2-11-22-18-6-4-3-5-17(18)12-19(22)20(23)21(13-15-7-8-15)14-16-9-10-16/h3-6,12,15-16H,2,7-11,13-14H2,1H3. The highest BCUT2D eigenvalue weighted by molar-refractivity contribution is 5.98. The molecule has 2 aliphatic carbocycles. The number of carbonyl (C=O) groups is 1. The number of hydrogen-bond acceptors (Lipinski definition) is 1. The first-order valence-corrected chi connectivity index (χ1v) is 9.13. The van der Waals surface area contributed by atoms with Crippen LogP contribution in [0, 0.1) is 11.8 Å². The first kappa shape index (κ1) is 14.8. The molecule has 2 aliphatic rings. The van der Waals surface area contributed by atoms with E-state index in [1.165, 1.54) is 36.6 Å². The molecule has 0 radical (unpaired) electrons. The molecule has 122 valence electrons. The lowest BCUT2D eigenvalue weighted by Crippen LogP contribution is -2.36. The number of amides is 1. The Morgan fingerprint density at radius 2 is 1.78 bits per heavy atom.